The Bertz CT molecular complexity index is 618. The van der Waals surface area contributed by atoms with Crippen molar-refractivity contribution in [1.82, 2.24) is 9.80 Å². The number of anilines is 1. The lowest BCUT2D eigenvalue weighted by atomic mass is 9.97. The van der Waals surface area contributed by atoms with E-state index in [9.17, 15) is 9.59 Å². The Hall–Kier alpha value is -1.92. The van der Waals surface area contributed by atoms with Gasteiger partial charge in [0, 0.05) is 25.3 Å². The zero-order valence-electron chi connectivity index (χ0n) is 13.7. The van der Waals surface area contributed by atoms with Gasteiger partial charge in [0.2, 0.25) is 11.8 Å². The Labute approximate surface area is 136 Å². The number of para-hydroxylation sites is 1. The van der Waals surface area contributed by atoms with Crippen molar-refractivity contribution >= 4 is 17.5 Å². The van der Waals surface area contributed by atoms with E-state index < -0.39 is 0 Å². The first-order valence-corrected chi connectivity index (χ1v) is 8.04. The molecular formula is C17H24N4O2. The Balaban J connectivity index is 1.92. The molecule has 2 fully saturated rings. The third-order valence-corrected chi connectivity index (χ3v) is 4.95. The van der Waals surface area contributed by atoms with Crippen LogP contribution in [-0.2, 0) is 9.59 Å². The summed E-state index contributed by atoms with van der Waals surface area (Å²) in [5.74, 6) is 0.414. The summed E-state index contributed by atoms with van der Waals surface area (Å²) in [5.41, 5.74) is 7.79. The van der Waals surface area contributed by atoms with Crippen molar-refractivity contribution in [3.8, 4) is 0 Å². The first-order chi connectivity index (χ1) is 11.0. The summed E-state index contributed by atoms with van der Waals surface area (Å²) in [6, 6.07) is 8.15. The normalized spacial score (nSPS) is 26.2. The smallest absolute Gasteiger partial charge is 0.247 e. The quantitative estimate of drug-likeness (QED) is 0.879. The molecule has 0 aromatic heterocycles. The maximum Gasteiger partial charge on any atom is 0.247 e. The molecule has 1 aromatic rings. The second-order valence-corrected chi connectivity index (χ2v) is 6.58. The topological polar surface area (TPSA) is 69.9 Å². The lowest BCUT2D eigenvalue weighted by molar-refractivity contribution is -0.136. The van der Waals surface area contributed by atoms with Crippen LogP contribution in [0.25, 0.3) is 0 Å². The molecule has 0 bridgehead atoms. The second-order valence-electron chi connectivity index (χ2n) is 6.58. The molecule has 6 nitrogen and oxygen atoms in total. The molecule has 2 aliphatic rings. The van der Waals surface area contributed by atoms with Gasteiger partial charge in [-0.15, -0.1) is 0 Å². The number of nitrogens with zero attached hydrogens (tertiary/aromatic N) is 3. The lowest BCUT2D eigenvalue weighted by Gasteiger charge is -2.34. The van der Waals surface area contributed by atoms with Crippen molar-refractivity contribution in [1.29, 1.82) is 0 Å². The van der Waals surface area contributed by atoms with E-state index >= 15 is 0 Å². The Kier molecular flexibility index (Phi) is 4.37. The van der Waals surface area contributed by atoms with Crippen LogP contribution in [0.4, 0.5) is 5.69 Å². The van der Waals surface area contributed by atoms with Gasteiger partial charge in [0.15, 0.2) is 0 Å². The number of benzene rings is 1. The molecule has 0 aliphatic carbocycles. The van der Waals surface area contributed by atoms with Crippen molar-refractivity contribution in [2.45, 2.75) is 12.5 Å². The molecule has 0 spiro atoms. The molecule has 2 aliphatic heterocycles. The average molecular weight is 316 g/mol. The Morgan fingerprint density at radius 2 is 1.87 bits per heavy atom. The number of carbonyl (C=O) groups excluding carboxylic acids is 2. The molecule has 2 atom stereocenters. The highest BCUT2D eigenvalue weighted by Crippen LogP contribution is 2.38. The van der Waals surface area contributed by atoms with Gasteiger partial charge in [0.25, 0.3) is 0 Å². The van der Waals surface area contributed by atoms with Crippen LogP contribution in [0.1, 0.15) is 18.0 Å². The van der Waals surface area contributed by atoms with Gasteiger partial charge in [-0.3, -0.25) is 14.5 Å². The first kappa shape index (κ1) is 16.0. The van der Waals surface area contributed by atoms with Crippen molar-refractivity contribution in [3.63, 3.8) is 0 Å². The minimum atomic E-state index is -0.0319. The fraction of sp³-hybridized carbons (Fsp3) is 0.529. The summed E-state index contributed by atoms with van der Waals surface area (Å²) in [6.45, 7) is 1.89. The van der Waals surface area contributed by atoms with Gasteiger partial charge in [-0.25, -0.2) is 0 Å². The maximum absolute atomic E-state index is 12.4. The highest BCUT2D eigenvalue weighted by molar-refractivity contribution is 6.04. The summed E-state index contributed by atoms with van der Waals surface area (Å²) in [5, 5.41) is 0. The molecule has 2 heterocycles. The van der Waals surface area contributed by atoms with E-state index in [2.05, 4.69) is 18.0 Å². The van der Waals surface area contributed by atoms with Gasteiger partial charge in [-0.1, -0.05) is 18.2 Å². The summed E-state index contributed by atoms with van der Waals surface area (Å²) in [6.07, 6.45) is 0.986. The molecular weight excluding hydrogens is 292 g/mol. The number of likely N-dealkylation sites (N-methyl/N-ethyl adjacent to an activating group) is 1. The summed E-state index contributed by atoms with van der Waals surface area (Å²) >= 11 is 0. The molecule has 0 saturated carbocycles. The van der Waals surface area contributed by atoms with E-state index in [0.717, 1.165) is 24.2 Å². The number of hydrogen-bond acceptors (Lipinski definition) is 4. The standard InChI is InChI=1S/C17H24N4O2/c1-19-9-12(8-18)7-15(19)13-5-3-4-6-14(13)21-11-16(22)20(2)10-17(21)23/h3-6,12,15H,7-11,18H2,1-2H3. The highest BCUT2D eigenvalue weighted by Gasteiger charge is 2.35. The molecule has 3 rings (SSSR count). The number of piperazine rings is 1. The van der Waals surface area contributed by atoms with Crippen LogP contribution >= 0.6 is 0 Å². The monoisotopic (exact) mass is 316 g/mol. The average Bonchev–Trinajstić information content (AvgIpc) is 2.92. The van der Waals surface area contributed by atoms with Crippen LogP contribution in [0.3, 0.4) is 0 Å². The van der Waals surface area contributed by atoms with E-state index in [4.69, 9.17) is 5.73 Å². The minimum Gasteiger partial charge on any atom is -0.335 e. The van der Waals surface area contributed by atoms with Crippen molar-refractivity contribution in [3.05, 3.63) is 29.8 Å². The van der Waals surface area contributed by atoms with Crippen molar-refractivity contribution in [2.75, 3.05) is 45.2 Å². The van der Waals surface area contributed by atoms with Crippen LogP contribution in [0.2, 0.25) is 0 Å². The number of nitrogens with two attached hydrogens (primary N) is 1. The van der Waals surface area contributed by atoms with Crippen LogP contribution in [0, 0.1) is 5.92 Å². The number of amides is 2. The largest absolute Gasteiger partial charge is 0.335 e. The van der Waals surface area contributed by atoms with E-state index in [1.54, 1.807) is 11.9 Å². The maximum atomic E-state index is 12.4. The fourth-order valence-electron chi connectivity index (χ4n) is 3.60. The van der Waals surface area contributed by atoms with E-state index in [-0.39, 0.29) is 30.9 Å². The van der Waals surface area contributed by atoms with E-state index in [1.165, 1.54) is 4.90 Å². The number of rotatable bonds is 3. The minimum absolute atomic E-state index is 0.0287. The SMILES string of the molecule is CN1CC(=O)N(c2ccccc2C2CC(CN)CN2C)CC1=O. The molecule has 23 heavy (non-hydrogen) atoms. The van der Waals surface area contributed by atoms with Gasteiger partial charge in [0.1, 0.15) is 6.54 Å². The van der Waals surface area contributed by atoms with Crippen molar-refractivity contribution in [2.24, 2.45) is 11.7 Å². The predicted octanol–water partition coefficient (Wildman–Crippen LogP) is 0.443. The lowest BCUT2D eigenvalue weighted by Crippen LogP contribution is -2.52. The third-order valence-electron chi connectivity index (χ3n) is 4.95. The van der Waals surface area contributed by atoms with Gasteiger partial charge in [-0.05, 0) is 37.6 Å². The number of likely N-dealkylation sites (tertiary alicyclic amines) is 1. The molecule has 0 radical (unpaired) electrons. The van der Waals surface area contributed by atoms with Gasteiger partial charge in [-0.2, -0.15) is 0 Å². The molecule has 2 unspecified atom stereocenters. The molecule has 2 amide bonds. The van der Waals surface area contributed by atoms with Crippen molar-refractivity contribution < 1.29 is 9.59 Å². The van der Waals surface area contributed by atoms with Crippen LogP contribution in [0.15, 0.2) is 24.3 Å². The second kappa shape index (κ2) is 6.29. The number of hydrogen-bond donors (Lipinski definition) is 1. The summed E-state index contributed by atoms with van der Waals surface area (Å²) < 4.78 is 0. The highest BCUT2D eigenvalue weighted by atomic mass is 16.2. The molecule has 2 saturated heterocycles. The van der Waals surface area contributed by atoms with Crippen LogP contribution in [-0.4, -0.2) is 61.9 Å². The van der Waals surface area contributed by atoms with E-state index in [1.807, 2.05) is 18.2 Å². The fourth-order valence-corrected chi connectivity index (χ4v) is 3.60. The molecule has 6 heteroatoms. The Morgan fingerprint density at radius 3 is 2.57 bits per heavy atom. The summed E-state index contributed by atoms with van der Waals surface area (Å²) in [4.78, 5) is 29.8. The molecule has 1 aromatic carbocycles. The number of carbonyl (C=O) groups is 2. The van der Waals surface area contributed by atoms with Crippen LogP contribution in [0.5, 0.6) is 0 Å². The Morgan fingerprint density at radius 1 is 1.13 bits per heavy atom. The van der Waals surface area contributed by atoms with Gasteiger partial charge >= 0.3 is 0 Å². The summed E-state index contributed by atoms with van der Waals surface area (Å²) in [7, 11) is 3.76. The first-order valence-electron chi connectivity index (χ1n) is 8.04. The van der Waals surface area contributed by atoms with Gasteiger partial charge < -0.3 is 15.5 Å². The van der Waals surface area contributed by atoms with Gasteiger partial charge in [0.05, 0.1) is 6.54 Å². The third kappa shape index (κ3) is 2.96. The predicted molar refractivity (Wildman–Crippen MR) is 89.0 cm³/mol. The zero-order valence-corrected chi connectivity index (χ0v) is 13.7. The molecule has 2 N–H and O–H groups in total. The van der Waals surface area contributed by atoms with Crippen LogP contribution < -0.4 is 10.6 Å². The van der Waals surface area contributed by atoms with E-state index in [0.29, 0.717) is 12.5 Å². The zero-order chi connectivity index (χ0) is 16.6. The molecule has 124 valence electrons.